The number of rotatable bonds is 4. The summed E-state index contributed by atoms with van der Waals surface area (Å²) >= 11 is 1.50. The number of aryl methyl sites for hydroxylation is 1. The van der Waals surface area contributed by atoms with Gasteiger partial charge in [0, 0.05) is 37.1 Å². The van der Waals surface area contributed by atoms with Crippen LogP contribution < -0.4 is 0 Å². The standard InChI is InChI=1S/C25H24N4O2S/c1-18-21-16-22(32-25(21)29(26-18)17-19-8-4-2-5-9-19)24(31)28-14-12-27(13-15-28)23(30)20-10-6-3-7-11-20/h2-11,16H,12-15,17H2,1H3. The number of hydrogen-bond acceptors (Lipinski definition) is 4. The second-order valence-corrected chi connectivity index (χ2v) is 9.04. The largest absolute Gasteiger partial charge is 0.335 e. The Morgan fingerprint density at radius 1 is 0.875 bits per heavy atom. The molecule has 162 valence electrons. The maximum atomic E-state index is 13.2. The van der Waals surface area contributed by atoms with E-state index in [2.05, 4.69) is 17.2 Å². The Kier molecular flexibility index (Phi) is 5.49. The minimum Gasteiger partial charge on any atom is -0.335 e. The van der Waals surface area contributed by atoms with Crippen LogP contribution in [-0.2, 0) is 6.54 Å². The summed E-state index contributed by atoms with van der Waals surface area (Å²) in [6, 6.07) is 21.5. The molecule has 0 N–H and O–H groups in total. The first kappa shape index (κ1) is 20.5. The number of carbonyl (C=O) groups excluding carboxylic acids is 2. The molecule has 1 saturated heterocycles. The molecule has 4 aromatic rings. The number of fused-ring (bicyclic) bond motifs is 1. The lowest BCUT2D eigenvalue weighted by atomic mass is 10.2. The molecule has 2 amide bonds. The summed E-state index contributed by atoms with van der Waals surface area (Å²) in [4.78, 5) is 31.3. The number of benzene rings is 2. The topological polar surface area (TPSA) is 58.4 Å². The van der Waals surface area contributed by atoms with Crippen LogP contribution in [0, 0.1) is 6.92 Å². The Bertz CT molecular complexity index is 1260. The SMILES string of the molecule is Cc1nn(Cc2ccccc2)c2sc(C(=O)N3CCN(C(=O)c4ccccc4)CC3)cc12. The third-order valence-electron chi connectivity index (χ3n) is 5.87. The van der Waals surface area contributed by atoms with Crippen molar-refractivity contribution >= 4 is 33.4 Å². The van der Waals surface area contributed by atoms with Crippen molar-refractivity contribution in [3.05, 3.63) is 88.4 Å². The van der Waals surface area contributed by atoms with Crippen molar-refractivity contribution in [2.75, 3.05) is 26.2 Å². The molecule has 7 heteroatoms. The van der Waals surface area contributed by atoms with Crippen LogP contribution in [0.2, 0.25) is 0 Å². The van der Waals surface area contributed by atoms with Crippen molar-refractivity contribution < 1.29 is 9.59 Å². The maximum Gasteiger partial charge on any atom is 0.264 e. The van der Waals surface area contributed by atoms with Gasteiger partial charge in [-0.25, -0.2) is 0 Å². The number of aromatic nitrogens is 2. The third-order valence-corrected chi connectivity index (χ3v) is 7.00. The van der Waals surface area contributed by atoms with Gasteiger partial charge >= 0.3 is 0 Å². The summed E-state index contributed by atoms with van der Waals surface area (Å²) in [5, 5.41) is 5.71. The molecule has 32 heavy (non-hydrogen) atoms. The van der Waals surface area contributed by atoms with Gasteiger partial charge in [0.15, 0.2) is 0 Å². The fourth-order valence-electron chi connectivity index (χ4n) is 4.11. The Labute approximate surface area is 190 Å². The Morgan fingerprint density at radius 3 is 2.12 bits per heavy atom. The zero-order chi connectivity index (χ0) is 22.1. The first-order chi connectivity index (χ1) is 15.6. The van der Waals surface area contributed by atoms with E-state index < -0.39 is 0 Å². The summed E-state index contributed by atoms with van der Waals surface area (Å²) in [5.74, 6) is 0.0554. The zero-order valence-electron chi connectivity index (χ0n) is 17.9. The molecule has 1 aliphatic rings. The second kappa shape index (κ2) is 8.59. The monoisotopic (exact) mass is 444 g/mol. The van der Waals surface area contributed by atoms with Gasteiger partial charge in [0.05, 0.1) is 17.1 Å². The van der Waals surface area contributed by atoms with Crippen LogP contribution in [0.5, 0.6) is 0 Å². The minimum atomic E-state index is 0.0242. The van der Waals surface area contributed by atoms with Gasteiger partial charge in [-0.3, -0.25) is 14.3 Å². The van der Waals surface area contributed by atoms with Crippen LogP contribution in [0.25, 0.3) is 10.2 Å². The molecule has 0 radical (unpaired) electrons. The van der Waals surface area contributed by atoms with E-state index in [0.717, 1.165) is 20.8 Å². The maximum absolute atomic E-state index is 13.2. The number of thiophene rings is 1. The minimum absolute atomic E-state index is 0.0242. The summed E-state index contributed by atoms with van der Waals surface area (Å²) in [6.45, 7) is 4.84. The fourth-order valence-corrected chi connectivity index (χ4v) is 5.24. The van der Waals surface area contributed by atoms with Gasteiger partial charge < -0.3 is 9.80 Å². The van der Waals surface area contributed by atoms with Crippen LogP contribution in [-0.4, -0.2) is 57.6 Å². The van der Waals surface area contributed by atoms with E-state index >= 15 is 0 Å². The average Bonchev–Trinajstić information content (AvgIpc) is 3.40. The van der Waals surface area contributed by atoms with E-state index in [1.54, 1.807) is 0 Å². The lowest BCUT2D eigenvalue weighted by Gasteiger charge is -2.34. The van der Waals surface area contributed by atoms with E-state index in [1.807, 2.05) is 76.0 Å². The van der Waals surface area contributed by atoms with Gasteiger partial charge in [-0.1, -0.05) is 48.5 Å². The van der Waals surface area contributed by atoms with Crippen LogP contribution in [0.3, 0.4) is 0 Å². The van der Waals surface area contributed by atoms with Gasteiger partial charge in [-0.2, -0.15) is 5.10 Å². The van der Waals surface area contributed by atoms with Gasteiger partial charge in [0.25, 0.3) is 11.8 Å². The first-order valence-corrected chi connectivity index (χ1v) is 11.6. The molecule has 6 nitrogen and oxygen atoms in total. The molecule has 0 saturated carbocycles. The predicted octanol–water partition coefficient (Wildman–Crippen LogP) is 4.05. The Morgan fingerprint density at radius 2 is 1.47 bits per heavy atom. The molecule has 2 aromatic carbocycles. The number of carbonyl (C=O) groups is 2. The predicted molar refractivity (Wildman–Crippen MR) is 126 cm³/mol. The molecule has 1 aliphatic heterocycles. The number of amides is 2. The summed E-state index contributed by atoms with van der Waals surface area (Å²) in [7, 11) is 0. The molecular weight excluding hydrogens is 420 g/mol. The van der Waals surface area contributed by atoms with Crippen LogP contribution in [0.15, 0.2) is 66.7 Å². The molecule has 0 aliphatic carbocycles. The molecule has 2 aromatic heterocycles. The molecule has 0 unspecified atom stereocenters. The Hall–Kier alpha value is -3.45. The summed E-state index contributed by atoms with van der Waals surface area (Å²) < 4.78 is 1.98. The molecule has 0 spiro atoms. The van der Waals surface area contributed by atoms with Crippen LogP contribution in [0.4, 0.5) is 0 Å². The van der Waals surface area contributed by atoms with E-state index in [0.29, 0.717) is 38.3 Å². The van der Waals surface area contributed by atoms with E-state index in [-0.39, 0.29) is 11.8 Å². The van der Waals surface area contributed by atoms with Crippen LogP contribution >= 0.6 is 11.3 Å². The van der Waals surface area contributed by atoms with Crippen molar-refractivity contribution in [2.24, 2.45) is 0 Å². The molecule has 5 rings (SSSR count). The van der Waals surface area contributed by atoms with E-state index in [1.165, 1.54) is 16.9 Å². The van der Waals surface area contributed by atoms with Crippen molar-refractivity contribution in [3.63, 3.8) is 0 Å². The lowest BCUT2D eigenvalue weighted by molar-refractivity contribution is 0.0538. The highest BCUT2D eigenvalue weighted by molar-refractivity contribution is 7.20. The van der Waals surface area contributed by atoms with Gasteiger partial charge in [0.2, 0.25) is 0 Å². The number of piperazine rings is 1. The molecule has 0 atom stereocenters. The summed E-state index contributed by atoms with van der Waals surface area (Å²) in [6.07, 6.45) is 0. The quantitative estimate of drug-likeness (QED) is 0.477. The summed E-state index contributed by atoms with van der Waals surface area (Å²) in [5.41, 5.74) is 2.80. The molecule has 0 bridgehead atoms. The van der Waals surface area contributed by atoms with E-state index in [4.69, 9.17) is 0 Å². The molecular formula is C25H24N4O2S. The number of hydrogen-bond donors (Lipinski definition) is 0. The number of nitrogens with zero attached hydrogens (tertiary/aromatic N) is 4. The smallest absolute Gasteiger partial charge is 0.264 e. The van der Waals surface area contributed by atoms with Gasteiger partial charge in [-0.05, 0) is 30.7 Å². The van der Waals surface area contributed by atoms with Crippen molar-refractivity contribution in [3.8, 4) is 0 Å². The van der Waals surface area contributed by atoms with Crippen molar-refractivity contribution in [2.45, 2.75) is 13.5 Å². The van der Waals surface area contributed by atoms with E-state index in [9.17, 15) is 9.59 Å². The highest BCUT2D eigenvalue weighted by Gasteiger charge is 2.27. The zero-order valence-corrected chi connectivity index (χ0v) is 18.7. The second-order valence-electron chi connectivity index (χ2n) is 8.01. The molecule has 1 fully saturated rings. The van der Waals surface area contributed by atoms with Crippen molar-refractivity contribution in [1.29, 1.82) is 0 Å². The van der Waals surface area contributed by atoms with Crippen molar-refractivity contribution in [1.82, 2.24) is 19.6 Å². The van der Waals surface area contributed by atoms with Crippen LogP contribution in [0.1, 0.15) is 31.3 Å². The normalized spacial score (nSPS) is 14.2. The third kappa shape index (κ3) is 3.91. The van der Waals surface area contributed by atoms with Gasteiger partial charge in [-0.15, -0.1) is 11.3 Å². The van der Waals surface area contributed by atoms with Gasteiger partial charge in [0.1, 0.15) is 4.83 Å². The lowest BCUT2D eigenvalue weighted by Crippen LogP contribution is -2.50. The molecule has 3 heterocycles. The Balaban J connectivity index is 1.29. The first-order valence-electron chi connectivity index (χ1n) is 10.7. The average molecular weight is 445 g/mol. The fraction of sp³-hybridized carbons (Fsp3) is 0.240. The highest BCUT2D eigenvalue weighted by atomic mass is 32.1. The highest BCUT2D eigenvalue weighted by Crippen LogP contribution is 2.30.